The molecule has 0 bridgehead atoms. The molecule has 7 heteroatoms. The molecular weight excluding hydrogens is 341 g/mol. The lowest BCUT2D eigenvalue weighted by molar-refractivity contribution is -0.136. The highest BCUT2D eigenvalue weighted by Crippen LogP contribution is 2.26. The maximum Gasteiger partial charge on any atom is 0.389 e. The molecule has 0 spiro atoms. The van der Waals surface area contributed by atoms with Crippen LogP contribution in [-0.4, -0.2) is 23.9 Å². The van der Waals surface area contributed by atoms with Gasteiger partial charge in [0.1, 0.15) is 5.75 Å². The molecule has 1 aromatic carbocycles. The first kappa shape index (κ1) is 16.6. The van der Waals surface area contributed by atoms with Crippen molar-refractivity contribution < 1.29 is 27.8 Å². The van der Waals surface area contributed by atoms with E-state index in [4.69, 9.17) is 9.84 Å². The van der Waals surface area contributed by atoms with E-state index in [1.807, 2.05) is 0 Å². The Hall–Kier alpha value is -1.50. The summed E-state index contributed by atoms with van der Waals surface area (Å²) < 4.78 is 41.9. The van der Waals surface area contributed by atoms with E-state index in [2.05, 4.69) is 15.9 Å². The van der Waals surface area contributed by atoms with Gasteiger partial charge in [-0.2, -0.15) is 13.2 Å². The fraction of sp³-hybridized carbons (Fsp3) is 0.308. The van der Waals surface area contributed by atoms with Crippen molar-refractivity contribution in [1.82, 2.24) is 0 Å². The number of carboxylic acids is 1. The van der Waals surface area contributed by atoms with Crippen LogP contribution in [0, 0.1) is 0 Å². The molecule has 0 aliphatic carbocycles. The van der Waals surface area contributed by atoms with Gasteiger partial charge in [-0.05, 0) is 30.7 Å². The molecule has 0 atom stereocenters. The van der Waals surface area contributed by atoms with Crippen LogP contribution in [-0.2, 0) is 4.79 Å². The van der Waals surface area contributed by atoms with Gasteiger partial charge >= 0.3 is 12.1 Å². The molecule has 0 aliphatic heterocycles. The second-order valence-electron chi connectivity index (χ2n) is 3.92. The van der Waals surface area contributed by atoms with Gasteiger partial charge in [0, 0.05) is 22.5 Å². The Morgan fingerprint density at radius 1 is 1.40 bits per heavy atom. The van der Waals surface area contributed by atoms with Crippen LogP contribution in [0.15, 0.2) is 28.7 Å². The van der Waals surface area contributed by atoms with Gasteiger partial charge in [-0.3, -0.25) is 0 Å². The molecule has 0 saturated carbocycles. The summed E-state index contributed by atoms with van der Waals surface area (Å²) in [5, 5.41) is 8.57. The molecule has 1 aromatic rings. The molecule has 3 nitrogen and oxygen atoms in total. The van der Waals surface area contributed by atoms with E-state index in [0.29, 0.717) is 15.8 Å². The summed E-state index contributed by atoms with van der Waals surface area (Å²) >= 11 is 3.23. The van der Waals surface area contributed by atoms with Crippen molar-refractivity contribution in [3.8, 4) is 5.75 Å². The highest BCUT2D eigenvalue weighted by atomic mass is 79.9. The van der Waals surface area contributed by atoms with Gasteiger partial charge in [0.2, 0.25) is 0 Å². The number of carboxylic acid groups (broad SMARTS) is 1. The number of hydrogen-bond acceptors (Lipinski definition) is 2. The first-order valence-electron chi connectivity index (χ1n) is 5.68. The number of hydrogen-bond donors (Lipinski definition) is 1. The summed E-state index contributed by atoms with van der Waals surface area (Å²) in [5.74, 6) is -0.777. The predicted molar refractivity (Wildman–Crippen MR) is 71.6 cm³/mol. The lowest BCUT2D eigenvalue weighted by Crippen LogP contribution is -2.10. The minimum Gasteiger partial charge on any atom is -0.493 e. The van der Waals surface area contributed by atoms with E-state index in [9.17, 15) is 18.0 Å². The van der Waals surface area contributed by atoms with Gasteiger partial charge < -0.3 is 9.84 Å². The second kappa shape index (κ2) is 7.33. The number of alkyl halides is 3. The fourth-order valence-electron chi connectivity index (χ4n) is 1.40. The Labute approximate surface area is 122 Å². The first-order valence-corrected chi connectivity index (χ1v) is 6.47. The minimum atomic E-state index is -4.20. The van der Waals surface area contributed by atoms with Crippen molar-refractivity contribution in [1.29, 1.82) is 0 Å². The SMILES string of the molecule is O=C(O)/C=C/c1cc(Br)ccc1OCCCC(F)(F)F. The quantitative estimate of drug-likeness (QED) is 0.614. The number of aliphatic carboxylic acids is 1. The maximum atomic E-state index is 12.0. The van der Waals surface area contributed by atoms with Crippen molar-refractivity contribution in [3.63, 3.8) is 0 Å². The number of ether oxygens (including phenoxy) is 1. The van der Waals surface area contributed by atoms with Crippen LogP contribution < -0.4 is 4.74 Å². The van der Waals surface area contributed by atoms with Gasteiger partial charge in [0.25, 0.3) is 0 Å². The average Bonchev–Trinajstić information content (AvgIpc) is 2.32. The third kappa shape index (κ3) is 6.60. The monoisotopic (exact) mass is 352 g/mol. The summed E-state index contributed by atoms with van der Waals surface area (Å²) in [6.07, 6.45) is -3.00. The van der Waals surface area contributed by atoms with Gasteiger partial charge in [-0.1, -0.05) is 15.9 Å². The van der Waals surface area contributed by atoms with E-state index >= 15 is 0 Å². The molecule has 0 radical (unpaired) electrons. The molecule has 1 rings (SSSR count). The molecule has 0 fully saturated rings. The lowest BCUT2D eigenvalue weighted by atomic mass is 10.2. The van der Waals surface area contributed by atoms with Crippen LogP contribution in [0.1, 0.15) is 18.4 Å². The molecule has 20 heavy (non-hydrogen) atoms. The van der Waals surface area contributed by atoms with Crippen LogP contribution >= 0.6 is 15.9 Å². The molecule has 0 amide bonds. The Morgan fingerprint density at radius 2 is 2.10 bits per heavy atom. The van der Waals surface area contributed by atoms with Crippen molar-refractivity contribution in [2.24, 2.45) is 0 Å². The summed E-state index contributed by atoms with van der Waals surface area (Å²) in [7, 11) is 0. The zero-order chi connectivity index (χ0) is 15.2. The highest BCUT2D eigenvalue weighted by molar-refractivity contribution is 9.10. The van der Waals surface area contributed by atoms with E-state index < -0.39 is 18.6 Å². The summed E-state index contributed by atoms with van der Waals surface area (Å²) in [4.78, 5) is 10.5. The zero-order valence-corrected chi connectivity index (χ0v) is 11.9. The van der Waals surface area contributed by atoms with Gasteiger partial charge in [0.05, 0.1) is 6.61 Å². The third-order valence-electron chi connectivity index (χ3n) is 2.24. The van der Waals surface area contributed by atoms with Crippen LogP contribution in [0.5, 0.6) is 5.75 Å². The standard InChI is InChI=1S/C13H12BrF3O3/c14-10-3-4-11(9(8-10)2-5-12(18)19)20-7-1-6-13(15,16)17/h2-5,8H,1,6-7H2,(H,18,19)/b5-2+. The van der Waals surface area contributed by atoms with Crippen LogP contribution in [0.3, 0.4) is 0 Å². The van der Waals surface area contributed by atoms with Gasteiger partial charge in [0.15, 0.2) is 0 Å². The lowest BCUT2D eigenvalue weighted by Gasteiger charge is -2.10. The van der Waals surface area contributed by atoms with Crippen LogP contribution in [0.25, 0.3) is 6.08 Å². The first-order chi connectivity index (χ1) is 9.28. The topological polar surface area (TPSA) is 46.5 Å². The summed E-state index contributed by atoms with van der Waals surface area (Å²) in [6.45, 7) is -0.0882. The average molecular weight is 353 g/mol. The molecule has 0 saturated heterocycles. The smallest absolute Gasteiger partial charge is 0.389 e. The summed E-state index contributed by atoms with van der Waals surface area (Å²) in [5.41, 5.74) is 0.480. The second-order valence-corrected chi connectivity index (χ2v) is 4.84. The van der Waals surface area contributed by atoms with E-state index in [1.165, 1.54) is 6.08 Å². The van der Waals surface area contributed by atoms with Gasteiger partial charge in [-0.25, -0.2) is 4.79 Å². The zero-order valence-electron chi connectivity index (χ0n) is 10.3. The molecular formula is C13H12BrF3O3. The van der Waals surface area contributed by atoms with Crippen molar-refractivity contribution in [2.75, 3.05) is 6.61 Å². The molecule has 0 aliphatic rings. The summed E-state index contributed by atoms with van der Waals surface area (Å²) in [6, 6.07) is 4.86. The molecule has 110 valence electrons. The fourth-order valence-corrected chi connectivity index (χ4v) is 1.78. The number of rotatable bonds is 6. The Morgan fingerprint density at radius 3 is 2.70 bits per heavy atom. The molecule has 0 heterocycles. The Balaban J connectivity index is 2.67. The van der Waals surface area contributed by atoms with Crippen molar-refractivity contribution in [2.45, 2.75) is 19.0 Å². The number of carbonyl (C=O) groups is 1. The van der Waals surface area contributed by atoms with E-state index in [1.54, 1.807) is 18.2 Å². The third-order valence-corrected chi connectivity index (χ3v) is 2.73. The number of halogens is 4. The maximum absolute atomic E-state index is 12.0. The van der Waals surface area contributed by atoms with Crippen LogP contribution in [0.2, 0.25) is 0 Å². The Bertz CT molecular complexity index is 498. The highest BCUT2D eigenvalue weighted by Gasteiger charge is 2.26. The number of benzene rings is 1. The van der Waals surface area contributed by atoms with E-state index in [-0.39, 0.29) is 13.0 Å². The van der Waals surface area contributed by atoms with E-state index in [0.717, 1.165) is 6.08 Å². The predicted octanol–water partition coefficient (Wildman–Crippen LogP) is 4.27. The van der Waals surface area contributed by atoms with Crippen molar-refractivity contribution >= 4 is 28.0 Å². The normalized spacial score (nSPS) is 11.8. The van der Waals surface area contributed by atoms with Gasteiger partial charge in [-0.15, -0.1) is 0 Å². The molecule has 1 N–H and O–H groups in total. The minimum absolute atomic E-state index is 0.0882. The largest absolute Gasteiger partial charge is 0.493 e. The Kier molecular flexibility index (Phi) is 6.06. The van der Waals surface area contributed by atoms with Crippen LogP contribution in [0.4, 0.5) is 13.2 Å². The van der Waals surface area contributed by atoms with Crippen molar-refractivity contribution in [3.05, 3.63) is 34.3 Å². The molecule has 0 unspecified atom stereocenters. The molecule has 0 aromatic heterocycles.